The van der Waals surface area contributed by atoms with Crippen LogP contribution < -0.4 is 0 Å². The molecule has 0 bridgehead atoms. The molecule has 3 N–H and O–H groups in total. The molecule has 1 aromatic heterocycles. The molecule has 0 saturated heterocycles. The van der Waals surface area contributed by atoms with E-state index in [1.165, 1.54) is 13.8 Å². The van der Waals surface area contributed by atoms with Crippen molar-refractivity contribution in [1.82, 2.24) is 9.97 Å². The smallest absolute Gasteiger partial charge is 0.356 e. The van der Waals surface area contributed by atoms with E-state index in [1.54, 1.807) is 0 Å². The molecule has 0 aliphatic rings. The van der Waals surface area contributed by atoms with Crippen molar-refractivity contribution < 1.29 is 19.7 Å². The Hall–Kier alpha value is -1.40. The van der Waals surface area contributed by atoms with Gasteiger partial charge in [0.05, 0.1) is 11.8 Å². The van der Waals surface area contributed by atoms with Gasteiger partial charge in [-0.2, -0.15) is 0 Å². The molecular weight excluding hydrogens is 248 g/mol. The normalized spacial score (nSPS) is 13.5. The first-order chi connectivity index (χ1) is 8.79. The van der Waals surface area contributed by atoms with Gasteiger partial charge in [-0.3, -0.25) is 0 Å². The van der Waals surface area contributed by atoms with Gasteiger partial charge >= 0.3 is 5.97 Å². The largest absolute Gasteiger partial charge is 0.476 e. The fraction of sp³-hybridized carbons (Fsp3) is 0.692. The summed E-state index contributed by atoms with van der Waals surface area (Å²) in [5.74, 6) is -0.626. The summed E-state index contributed by atoms with van der Waals surface area (Å²) in [6.07, 6.45) is 1.31. The molecule has 1 atom stereocenters. The Kier molecular flexibility index (Phi) is 5.08. The van der Waals surface area contributed by atoms with E-state index in [2.05, 4.69) is 9.97 Å². The Morgan fingerprint density at radius 2 is 2.11 bits per heavy atom. The van der Waals surface area contributed by atoms with Crippen LogP contribution in [0.1, 0.15) is 56.1 Å². The Bertz CT molecular complexity index is 434. The summed E-state index contributed by atoms with van der Waals surface area (Å²) in [5.41, 5.74) is -1.18. The third-order valence-corrected chi connectivity index (χ3v) is 2.85. The summed E-state index contributed by atoms with van der Waals surface area (Å²) in [6.45, 7) is 7.56. The maximum atomic E-state index is 11.1. The van der Waals surface area contributed by atoms with Gasteiger partial charge in [0.25, 0.3) is 0 Å². The van der Waals surface area contributed by atoms with E-state index < -0.39 is 11.6 Å². The molecule has 108 valence electrons. The molecule has 0 fully saturated rings. The van der Waals surface area contributed by atoms with E-state index in [9.17, 15) is 9.90 Å². The summed E-state index contributed by atoms with van der Waals surface area (Å²) >= 11 is 0. The van der Waals surface area contributed by atoms with E-state index in [0.717, 1.165) is 6.42 Å². The number of aliphatic hydroxyl groups is 1. The average Bonchev–Trinajstić information content (AvgIpc) is 2.72. The number of nitrogens with one attached hydrogen (secondary N) is 1. The van der Waals surface area contributed by atoms with Gasteiger partial charge in [0.2, 0.25) is 0 Å². The molecule has 0 aliphatic heterocycles. The Labute approximate surface area is 112 Å². The molecule has 1 aromatic rings. The van der Waals surface area contributed by atoms with Crippen LogP contribution in [0.2, 0.25) is 0 Å². The minimum atomic E-state index is -1.27. The average molecular weight is 270 g/mol. The molecule has 0 aromatic carbocycles. The Morgan fingerprint density at radius 1 is 1.47 bits per heavy atom. The molecule has 0 radical (unpaired) electrons. The predicted octanol–water partition coefficient (Wildman–Crippen LogP) is 1.69. The highest BCUT2D eigenvalue weighted by molar-refractivity contribution is 5.87. The number of aromatic amines is 1. The number of H-pyrrole nitrogens is 1. The Morgan fingerprint density at radius 3 is 2.47 bits per heavy atom. The highest BCUT2D eigenvalue weighted by Gasteiger charge is 2.28. The van der Waals surface area contributed by atoms with Crippen LogP contribution in [0, 0.1) is 0 Å². The van der Waals surface area contributed by atoms with Crippen molar-refractivity contribution in [2.75, 3.05) is 6.61 Å². The van der Waals surface area contributed by atoms with Crippen LogP contribution in [-0.4, -0.2) is 38.9 Å². The second-order valence-corrected chi connectivity index (χ2v) is 4.96. The maximum absolute atomic E-state index is 11.1. The summed E-state index contributed by atoms with van der Waals surface area (Å²) in [5, 5.41) is 19.1. The molecule has 6 heteroatoms. The number of carboxylic acids is 1. The minimum Gasteiger partial charge on any atom is -0.476 e. The lowest BCUT2D eigenvalue weighted by molar-refractivity contribution is 0.0584. The van der Waals surface area contributed by atoms with Gasteiger partial charge in [-0.25, -0.2) is 9.78 Å². The second kappa shape index (κ2) is 6.16. The number of ether oxygens (including phenoxy) is 1. The van der Waals surface area contributed by atoms with Crippen molar-refractivity contribution in [1.29, 1.82) is 0 Å². The lowest BCUT2D eigenvalue weighted by Gasteiger charge is -2.16. The van der Waals surface area contributed by atoms with Gasteiger partial charge in [-0.05, 0) is 27.2 Å². The second-order valence-electron chi connectivity index (χ2n) is 4.96. The standard InChI is InChI=1S/C13H22N2O4/c1-5-8(19-6-2)7-9-14-10(12(16)17)11(15-9)13(3,4)18/h8,18H,5-7H2,1-4H3,(H,14,15)(H,16,17). The van der Waals surface area contributed by atoms with Gasteiger partial charge < -0.3 is 19.9 Å². The zero-order valence-corrected chi connectivity index (χ0v) is 11.9. The topological polar surface area (TPSA) is 95.4 Å². The lowest BCUT2D eigenvalue weighted by Crippen LogP contribution is -2.20. The minimum absolute atomic E-state index is 0.00699. The zero-order valence-electron chi connectivity index (χ0n) is 11.9. The number of aromatic nitrogens is 2. The Balaban J connectivity index is 3.01. The summed E-state index contributed by atoms with van der Waals surface area (Å²) < 4.78 is 5.52. The fourth-order valence-corrected chi connectivity index (χ4v) is 1.89. The maximum Gasteiger partial charge on any atom is 0.356 e. The van der Waals surface area contributed by atoms with Crippen molar-refractivity contribution in [3.63, 3.8) is 0 Å². The van der Waals surface area contributed by atoms with Crippen molar-refractivity contribution in [3.8, 4) is 0 Å². The van der Waals surface area contributed by atoms with E-state index >= 15 is 0 Å². The lowest BCUT2D eigenvalue weighted by atomic mass is 10.0. The van der Waals surface area contributed by atoms with Crippen molar-refractivity contribution in [2.45, 2.75) is 52.2 Å². The first-order valence-electron chi connectivity index (χ1n) is 6.46. The van der Waals surface area contributed by atoms with Crippen LogP contribution in [0.5, 0.6) is 0 Å². The van der Waals surface area contributed by atoms with Gasteiger partial charge in [0.15, 0.2) is 5.69 Å². The van der Waals surface area contributed by atoms with Gasteiger partial charge in [-0.1, -0.05) is 6.92 Å². The van der Waals surface area contributed by atoms with Crippen LogP contribution in [-0.2, 0) is 16.8 Å². The van der Waals surface area contributed by atoms with Gasteiger partial charge in [0.1, 0.15) is 11.4 Å². The SMILES string of the molecule is CCOC(CC)Cc1nc(C(=O)O)c(C(C)(C)O)[nH]1. The van der Waals surface area contributed by atoms with E-state index in [1.807, 2.05) is 13.8 Å². The first kappa shape index (κ1) is 15.7. The molecule has 0 spiro atoms. The summed E-state index contributed by atoms with van der Waals surface area (Å²) in [7, 11) is 0. The number of carboxylic acid groups (broad SMARTS) is 1. The molecule has 0 saturated carbocycles. The van der Waals surface area contributed by atoms with Crippen LogP contribution >= 0.6 is 0 Å². The van der Waals surface area contributed by atoms with Crippen LogP contribution in [0.25, 0.3) is 0 Å². The van der Waals surface area contributed by atoms with E-state index in [0.29, 0.717) is 18.9 Å². The van der Waals surface area contributed by atoms with Gasteiger partial charge in [0, 0.05) is 13.0 Å². The molecule has 0 aliphatic carbocycles. The highest BCUT2D eigenvalue weighted by atomic mass is 16.5. The van der Waals surface area contributed by atoms with Crippen LogP contribution in [0.15, 0.2) is 0 Å². The number of aromatic carboxylic acids is 1. The van der Waals surface area contributed by atoms with Crippen molar-refractivity contribution >= 4 is 5.97 Å². The quantitative estimate of drug-likeness (QED) is 0.700. The fourth-order valence-electron chi connectivity index (χ4n) is 1.89. The molecular formula is C13H22N2O4. The number of imidazole rings is 1. The van der Waals surface area contributed by atoms with Crippen molar-refractivity contribution in [3.05, 3.63) is 17.2 Å². The number of rotatable bonds is 7. The van der Waals surface area contributed by atoms with Crippen LogP contribution in [0.4, 0.5) is 0 Å². The monoisotopic (exact) mass is 270 g/mol. The van der Waals surface area contributed by atoms with Crippen molar-refractivity contribution in [2.24, 2.45) is 0 Å². The van der Waals surface area contributed by atoms with E-state index in [4.69, 9.17) is 9.84 Å². The van der Waals surface area contributed by atoms with Crippen LogP contribution in [0.3, 0.4) is 0 Å². The zero-order chi connectivity index (χ0) is 14.6. The summed E-state index contributed by atoms with van der Waals surface area (Å²) in [4.78, 5) is 18.1. The third kappa shape index (κ3) is 4.04. The summed E-state index contributed by atoms with van der Waals surface area (Å²) in [6, 6.07) is 0. The highest BCUT2D eigenvalue weighted by Crippen LogP contribution is 2.22. The number of carbonyl (C=O) groups is 1. The molecule has 1 heterocycles. The number of hydrogen-bond donors (Lipinski definition) is 3. The molecule has 1 rings (SSSR count). The number of hydrogen-bond acceptors (Lipinski definition) is 4. The molecule has 0 amide bonds. The molecule has 19 heavy (non-hydrogen) atoms. The first-order valence-corrected chi connectivity index (χ1v) is 6.46. The van der Waals surface area contributed by atoms with E-state index in [-0.39, 0.29) is 17.5 Å². The third-order valence-electron chi connectivity index (χ3n) is 2.85. The van der Waals surface area contributed by atoms with Gasteiger partial charge in [-0.15, -0.1) is 0 Å². The molecule has 6 nitrogen and oxygen atoms in total. The predicted molar refractivity (Wildman–Crippen MR) is 70.2 cm³/mol. The number of nitrogens with zero attached hydrogens (tertiary/aromatic N) is 1. The molecule has 1 unspecified atom stereocenters.